The number of amides is 1. The van der Waals surface area contributed by atoms with Crippen LogP contribution in [0.5, 0.6) is 5.75 Å². The van der Waals surface area contributed by atoms with Gasteiger partial charge in [0, 0.05) is 42.8 Å². The lowest BCUT2D eigenvalue weighted by Crippen LogP contribution is -2.47. The number of carbonyl (C=O) groups is 1. The fourth-order valence-corrected chi connectivity index (χ4v) is 4.20. The molecule has 1 aliphatic heterocycles. The van der Waals surface area contributed by atoms with Crippen LogP contribution < -0.4 is 5.56 Å². The summed E-state index contributed by atoms with van der Waals surface area (Å²) < 4.78 is 3.88. The molecular formula is C22H26N4O3. The van der Waals surface area contributed by atoms with Gasteiger partial charge in [0.1, 0.15) is 5.82 Å². The summed E-state index contributed by atoms with van der Waals surface area (Å²) in [7, 11) is 0. The molecule has 7 heteroatoms. The van der Waals surface area contributed by atoms with Crippen LogP contribution in [0, 0.1) is 0 Å². The maximum Gasteiger partial charge on any atom is 0.315 e. The minimum atomic E-state index is -0.752. The minimum absolute atomic E-state index is 0.00922. The van der Waals surface area contributed by atoms with E-state index in [1.807, 2.05) is 32.2 Å². The van der Waals surface area contributed by atoms with Crippen LogP contribution >= 0.6 is 0 Å². The summed E-state index contributed by atoms with van der Waals surface area (Å²) in [4.78, 5) is 31.1. The molecule has 7 nitrogen and oxygen atoms in total. The zero-order valence-electron chi connectivity index (χ0n) is 17.2. The first-order valence-corrected chi connectivity index (χ1v) is 9.91. The second kappa shape index (κ2) is 6.76. The molecule has 4 rings (SSSR count). The Morgan fingerprint density at radius 2 is 1.86 bits per heavy atom. The van der Waals surface area contributed by atoms with Gasteiger partial charge in [0.15, 0.2) is 5.69 Å². The SMILES string of the molecule is CC(C)N1CCn2c(CC(C)(C)n3ccc4ccccc43)nc(=O)c(O)c2C1=O. The topological polar surface area (TPSA) is 80.4 Å². The van der Waals surface area contributed by atoms with Gasteiger partial charge in [-0.25, -0.2) is 0 Å². The van der Waals surface area contributed by atoms with Crippen molar-refractivity contribution in [3.05, 3.63) is 58.4 Å². The van der Waals surface area contributed by atoms with E-state index in [0.29, 0.717) is 25.3 Å². The van der Waals surface area contributed by atoms with Crippen LogP contribution in [0.4, 0.5) is 0 Å². The molecule has 3 heterocycles. The molecule has 1 N–H and O–H groups in total. The molecule has 0 spiro atoms. The van der Waals surface area contributed by atoms with Crippen LogP contribution in [-0.2, 0) is 18.5 Å². The monoisotopic (exact) mass is 394 g/mol. The van der Waals surface area contributed by atoms with Crippen LogP contribution in [0.25, 0.3) is 10.9 Å². The first-order chi connectivity index (χ1) is 13.7. The van der Waals surface area contributed by atoms with E-state index in [1.54, 1.807) is 9.47 Å². The normalized spacial score (nSPS) is 14.7. The minimum Gasteiger partial charge on any atom is -0.501 e. The van der Waals surface area contributed by atoms with E-state index < -0.39 is 16.8 Å². The van der Waals surface area contributed by atoms with E-state index in [2.05, 4.69) is 41.6 Å². The molecule has 0 aliphatic carbocycles. The van der Waals surface area contributed by atoms with Crippen molar-refractivity contribution < 1.29 is 9.90 Å². The highest BCUT2D eigenvalue weighted by atomic mass is 16.3. The highest BCUT2D eigenvalue weighted by molar-refractivity contribution is 5.95. The van der Waals surface area contributed by atoms with Gasteiger partial charge in [-0.1, -0.05) is 18.2 Å². The molecule has 1 aromatic carbocycles. The number of hydrogen-bond acceptors (Lipinski definition) is 4. The van der Waals surface area contributed by atoms with Crippen LogP contribution in [0.2, 0.25) is 0 Å². The molecule has 29 heavy (non-hydrogen) atoms. The molecule has 3 aromatic rings. The highest BCUT2D eigenvalue weighted by Crippen LogP contribution is 2.29. The van der Waals surface area contributed by atoms with Crippen molar-refractivity contribution in [1.82, 2.24) is 19.0 Å². The van der Waals surface area contributed by atoms with Crippen molar-refractivity contribution in [2.45, 2.75) is 52.2 Å². The average molecular weight is 394 g/mol. The molecule has 0 saturated heterocycles. The Labute approximate surface area is 169 Å². The molecule has 2 aromatic heterocycles. The summed E-state index contributed by atoms with van der Waals surface area (Å²) >= 11 is 0. The fourth-order valence-electron chi connectivity index (χ4n) is 4.20. The number of nitrogens with zero attached hydrogens (tertiary/aromatic N) is 4. The molecular weight excluding hydrogens is 368 g/mol. The Kier molecular flexibility index (Phi) is 4.48. The molecule has 1 aliphatic rings. The van der Waals surface area contributed by atoms with Gasteiger partial charge < -0.3 is 19.1 Å². The van der Waals surface area contributed by atoms with E-state index in [9.17, 15) is 14.7 Å². The quantitative estimate of drug-likeness (QED) is 0.738. The standard InChI is InChI=1S/C22H26N4O3/c1-14(2)24-11-12-25-17(23-20(28)19(27)18(25)21(24)29)13-22(3,4)26-10-9-15-7-5-6-8-16(15)26/h5-10,14,27H,11-13H2,1-4H3. The van der Waals surface area contributed by atoms with Gasteiger partial charge in [-0.3, -0.25) is 9.59 Å². The summed E-state index contributed by atoms with van der Waals surface area (Å²) in [5.74, 6) is -0.371. The number of para-hydroxylation sites is 1. The van der Waals surface area contributed by atoms with Gasteiger partial charge in [0.25, 0.3) is 5.91 Å². The lowest BCUT2D eigenvalue weighted by molar-refractivity contribution is 0.0636. The average Bonchev–Trinajstić information content (AvgIpc) is 3.10. The van der Waals surface area contributed by atoms with Crippen molar-refractivity contribution in [3.8, 4) is 5.75 Å². The lowest BCUT2D eigenvalue weighted by atomic mass is 9.98. The maximum absolute atomic E-state index is 12.9. The van der Waals surface area contributed by atoms with Gasteiger partial charge in [-0.2, -0.15) is 4.98 Å². The number of carbonyl (C=O) groups excluding carboxylic acids is 1. The number of rotatable bonds is 4. The Bertz CT molecular complexity index is 1160. The van der Waals surface area contributed by atoms with Crippen LogP contribution in [0.15, 0.2) is 41.3 Å². The number of aromatic nitrogens is 3. The van der Waals surface area contributed by atoms with Gasteiger partial charge in [0.2, 0.25) is 5.75 Å². The summed E-state index contributed by atoms with van der Waals surface area (Å²) in [5, 5.41) is 11.5. The molecule has 1 amide bonds. The third kappa shape index (κ3) is 3.10. The molecule has 0 bridgehead atoms. The smallest absolute Gasteiger partial charge is 0.315 e. The first-order valence-electron chi connectivity index (χ1n) is 9.91. The molecule has 0 radical (unpaired) electrons. The third-order valence-electron chi connectivity index (χ3n) is 5.73. The van der Waals surface area contributed by atoms with E-state index >= 15 is 0 Å². The van der Waals surface area contributed by atoms with Gasteiger partial charge in [0.05, 0.1) is 0 Å². The second-order valence-electron chi connectivity index (χ2n) is 8.51. The Morgan fingerprint density at radius 3 is 2.59 bits per heavy atom. The number of hydrogen-bond donors (Lipinski definition) is 1. The van der Waals surface area contributed by atoms with Crippen LogP contribution in [-0.4, -0.2) is 42.6 Å². The van der Waals surface area contributed by atoms with Crippen molar-refractivity contribution in [2.24, 2.45) is 0 Å². The van der Waals surface area contributed by atoms with E-state index in [1.165, 1.54) is 0 Å². The maximum atomic E-state index is 12.9. The summed E-state index contributed by atoms with van der Waals surface area (Å²) in [6, 6.07) is 10.2. The predicted molar refractivity (Wildman–Crippen MR) is 111 cm³/mol. The van der Waals surface area contributed by atoms with Crippen molar-refractivity contribution in [3.63, 3.8) is 0 Å². The number of benzene rings is 1. The zero-order valence-corrected chi connectivity index (χ0v) is 17.2. The van der Waals surface area contributed by atoms with Gasteiger partial charge in [-0.15, -0.1) is 0 Å². The molecule has 152 valence electrons. The first kappa shape index (κ1) is 19.2. The largest absolute Gasteiger partial charge is 0.501 e. The van der Waals surface area contributed by atoms with Crippen molar-refractivity contribution in [2.75, 3.05) is 6.54 Å². The Morgan fingerprint density at radius 1 is 1.14 bits per heavy atom. The Hall–Kier alpha value is -3.09. The van der Waals surface area contributed by atoms with E-state index in [4.69, 9.17) is 0 Å². The van der Waals surface area contributed by atoms with E-state index in [0.717, 1.165) is 10.9 Å². The predicted octanol–water partition coefficient (Wildman–Crippen LogP) is 2.75. The van der Waals surface area contributed by atoms with Crippen molar-refractivity contribution in [1.29, 1.82) is 0 Å². The van der Waals surface area contributed by atoms with Crippen LogP contribution in [0.3, 0.4) is 0 Å². The number of aromatic hydroxyl groups is 1. The molecule has 0 unspecified atom stereocenters. The summed E-state index contributed by atoms with van der Waals surface area (Å²) in [6.07, 6.45) is 2.48. The van der Waals surface area contributed by atoms with Gasteiger partial charge >= 0.3 is 5.56 Å². The highest BCUT2D eigenvalue weighted by Gasteiger charge is 2.34. The Balaban J connectivity index is 1.80. The van der Waals surface area contributed by atoms with E-state index in [-0.39, 0.29) is 17.6 Å². The summed E-state index contributed by atoms with van der Waals surface area (Å²) in [5.41, 5.74) is 0.00412. The summed E-state index contributed by atoms with van der Waals surface area (Å²) in [6.45, 7) is 9.02. The van der Waals surface area contributed by atoms with Gasteiger partial charge in [-0.05, 0) is 45.2 Å². The molecule has 0 saturated carbocycles. The molecule has 0 atom stereocenters. The number of fused-ring (bicyclic) bond motifs is 2. The fraction of sp³-hybridized carbons (Fsp3) is 0.409. The molecule has 0 fully saturated rings. The zero-order chi connectivity index (χ0) is 20.9. The second-order valence-corrected chi connectivity index (χ2v) is 8.51. The van der Waals surface area contributed by atoms with Crippen molar-refractivity contribution >= 4 is 16.8 Å². The van der Waals surface area contributed by atoms with Crippen LogP contribution in [0.1, 0.15) is 44.0 Å². The lowest BCUT2D eigenvalue weighted by Gasteiger charge is -2.35. The third-order valence-corrected chi connectivity index (χ3v) is 5.73.